The first kappa shape index (κ1) is 17.3. The largest absolute Gasteiger partial charge is 0.497 e. The molecule has 1 aliphatic rings. The van der Waals surface area contributed by atoms with Crippen LogP contribution in [0, 0.1) is 0 Å². The second-order valence-corrected chi connectivity index (χ2v) is 6.91. The van der Waals surface area contributed by atoms with Gasteiger partial charge in [0.05, 0.1) is 14.2 Å². The van der Waals surface area contributed by atoms with Crippen molar-refractivity contribution in [3.63, 3.8) is 0 Å². The van der Waals surface area contributed by atoms with Crippen LogP contribution in [0.15, 0.2) is 72.8 Å². The summed E-state index contributed by atoms with van der Waals surface area (Å²) in [6.07, 6.45) is 0. The molecule has 0 aromatic heterocycles. The molecule has 2 N–H and O–H groups in total. The predicted octanol–water partition coefficient (Wildman–Crippen LogP) is 2.92. The number of likely N-dealkylation sites (N-methyl/N-ethyl adjacent to an activating group) is 1. The van der Waals surface area contributed by atoms with Gasteiger partial charge in [0.15, 0.2) is 6.54 Å². The molecule has 0 saturated heterocycles. The maximum absolute atomic E-state index is 12.6. The minimum Gasteiger partial charge on any atom is -0.497 e. The Morgan fingerprint density at radius 3 is 2.22 bits per heavy atom. The number of carbonyl (C=O) groups is 1. The zero-order valence-corrected chi connectivity index (χ0v) is 15.5. The molecule has 0 fully saturated rings. The highest BCUT2D eigenvalue weighted by Gasteiger charge is 2.34. The smallest absolute Gasteiger partial charge is 0.279 e. The number of rotatable bonds is 5. The molecule has 3 aromatic rings. The zero-order chi connectivity index (χ0) is 18.8. The van der Waals surface area contributed by atoms with E-state index in [-0.39, 0.29) is 11.9 Å². The van der Waals surface area contributed by atoms with Gasteiger partial charge in [-0.25, -0.2) is 0 Å². The lowest BCUT2D eigenvalue weighted by Gasteiger charge is -2.23. The average Bonchev–Trinajstić information content (AvgIpc) is 3.02. The van der Waals surface area contributed by atoms with Crippen LogP contribution in [-0.4, -0.2) is 26.6 Å². The zero-order valence-electron chi connectivity index (χ0n) is 15.5. The molecule has 1 amide bonds. The molecule has 1 aliphatic carbocycles. The number of carbonyl (C=O) groups excluding carboxylic acids is 1. The third kappa shape index (κ3) is 3.32. The average molecular weight is 359 g/mol. The van der Waals surface area contributed by atoms with E-state index in [1.54, 1.807) is 7.11 Å². The minimum absolute atomic E-state index is 0.0115. The number of benzene rings is 3. The summed E-state index contributed by atoms with van der Waals surface area (Å²) in [5, 5.41) is 2.98. The Hall–Kier alpha value is -3.11. The fourth-order valence-electron chi connectivity index (χ4n) is 3.95. The normalized spacial score (nSPS) is 13.6. The van der Waals surface area contributed by atoms with Gasteiger partial charge in [-0.2, -0.15) is 0 Å². The van der Waals surface area contributed by atoms with Gasteiger partial charge >= 0.3 is 0 Å². The first-order valence-corrected chi connectivity index (χ1v) is 9.12. The maximum atomic E-state index is 12.6. The summed E-state index contributed by atoms with van der Waals surface area (Å²) in [5.74, 6) is 0.717. The Labute approximate surface area is 159 Å². The van der Waals surface area contributed by atoms with Crippen molar-refractivity contribution < 1.29 is 14.4 Å². The van der Waals surface area contributed by atoms with Crippen LogP contribution < -0.4 is 15.0 Å². The van der Waals surface area contributed by atoms with E-state index in [0.29, 0.717) is 6.54 Å². The van der Waals surface area contributed by atoms with Crippen molar-refractivity contribution in [2.24, 2.45) is 0 Å². The lowest BCUT2D eigenvalue weighted by Crippen LogP contribution is -3.10. The molecule has 3 aromatic carbocycles. The number of quaternary nitrogens is 1. The van der Waals surface area contributed by atoms with Crippen molar-refractivity contribution in [1.82, 2.24) is 0 Å². The number of amides is 1. The van der Waals surface area contributed by atoms with Gasteiger partial charge in [-0.1, -0.05) is 54.6 Å². The van der Waals surface area contributed by atoms with Gasteiger partial charge in [-0.15, -0.1) is 0 Å². The van der Waals surface area contributed by atoms with Crippen LogP contribution in [0.5, 0.6) is 5.75 Å². The molecule has 0 saturated carbocycles. The van der Waals surface area contributed by atoms with Crippen LogP contribution in [0.4, 0.5) is 5.69 Å². The number of hydrogen-bond acceptors (Lipinski definition) is 2. The Bertz CT molecular complexity index is 938. The van der Waals surface area contributed by atoms with Crippen molar-refractivity contribution in [1.29, 1.82) is 0 Å². The summed E-state index contributed by atoms with van der Waals surface area (Å²) in [7, 11) is 3.70. The lowest BCUT2D eigenvalue weighted by atomic mass is 10.0. The molecule has 0 aliphatic heterocycles. The number of hydrogen-bond donors (Lipinski definition) is 2. The number of anilines is 1. The molecule has 1 atom stereocenters. The van der Waals surface area contributed by atoms with Crippen LogP contribution in [0.25, 0.3) is 11.1 Å². The summed E-state index contributed by atoms with van der Waals surface area (Å²) in [6, 6.07) is 24.5. The molecule has 4 nitrogen and oxygen atoms in total. The fraction of sp³-hybridized carbons (Fsp3) is 0.174. The van der Waals surface area contributed by atoms with E-state index in [1.807, 2.05) is 24.3 Å². The van der Waals surface area contributed by atoms with Gasteiger partial charge in [-0.3, -0.25) is 4.79 Å². The van der Waals surface area contributed by atoms with Gasteiger partial charge in [0.25, 0.3) is 5.91 Å². The molecule has 0 radical (unpaired) electrons. The van der Waals surface area contributed by atoms with Crippen molar-refractivity contribution in [2.45, 2.75) is 6.04 Å². The molecule has 0 spiro atoms. The predicted molar refractivity (Wildman–Crippen MR) is 107 cm³/mol. The molecular formula is C23H23N2O2+. The topological polar surface area (TPSA) is 42.8 Å². The Morgan fingerprint density at radius 1 is 0.963 bits per heavy atom. The van der Waals surface area contributed by atoms with E-state index < -0.39 is 0 Å². The van der Waals surface area contributed by atoms with Crippen molar-refractivity contribution in [3.05, 3.63) is 83.9 Å². The summed E-state index contributed by atoms with van der Waals surface area (Å²) in [5.41, 5.74) is 5.85. The van der Waals surface area contributed by atoms with Crippen LogP contribution in [0.1, 0.15) is 17.2 Å². The standard InChI is InChI=1S/C23H22N2O2/c1-25(15-22(26)24-16-8-7-9-17(14-16)27-2)23-20-12-5-3-10-18(20)19-11-4-6-13-21(19)23/h3-14,23H,15H2,1-2H3,(H,24,26)/p+1. The SMILES string of the molecule is COc1cccc(NC(=O)C[NH+](C)C2c3ccccc3-c3ccccc32)c1. The van der Waals surface area contributed by atoms with Gasteiger partial charge in [0, 0.05) is 22.9 Å². The Morgan fingerprint density at radius 2 is 1.59 bits per heavy atom. The van der Waals surface area contributed by atoms with E-state index in [9.17, 15) is 4.79 Å². The van der Waals surface area contributed by atoms with Crippen LogP contribution in [0.2, 0.25) is 0 Å². The Kier molecular flexibility index (Phi) is 4.65. The van der Waals surface area contributed by atoms with E-state index in [1.165, 1.54) is 22.3 Å². The second-order valence-electron chi connectivity index (χ2n) is 6.91. The van der Waals surface area contributed by atoms with E-state index in [0.717, 1.165) is 16.3 Å². The summed E-state index contributed by atoms with van der Waals surface area (Å²) in [4.78, 5) is 13.8. The quantitative estimate of drug-likeness (QED) is 0.736. The summed E-state index contributed by atoms with van der Waals surface area (Å²) >= 11 is 0. The molecule has 0 heterocycles. The van der Waals surface area contributed by atoms with Crippen LogP contribution >= 0.6 is 0 Å². The maximum Gasteiger partial charge on any atom is 0.279 e. The van der Waals surface area contributed by atoms with Crippen molar-refractivity contribution in [3.8, 4) is 16.9 Å². The number of fused-ring (bicyclic) bond motifs is 3. The second kappa shape index (κ2) is 7.25. The van der Waals surface area contributed by atoms with E-state index in [2.05, 4.69) is 60.9 Å². The molecule has 0 bridgehead atoms. The van der Waals surface area contributed by atoms with Gasteiger partial charge in [0.1, 0.15) is 11.8 Å². The van der Waals surface area contributed by atoms with Gasteiger partial charge in [0.2, 0.25) is 0 Å². The monoisotopic (exact) mass is 359 g/mol. The van der Waals surface area contributed by atoms with E-state index in [4.69, 9.17) is 4.74 Å². The molecular weight excluding hydrogens is 336 g/mol. The molecule has 136 valence electrons. The summed E-state index contributed by atoms with van der Waals surface area (Å²) < 4.78 is 5.22. The Balaban J connectivity index is 1.54. The molecule has 4 heteroatoms. The molecule has 27 heavy (non-hydrogen) atoms. The molecule has 4 rings (SSSR count). The van der Waals surface area contributed by atoms with Crippen LogP contribution in [-0.2, 0) is 4.79 Å². The fourth-order valence-corrected chi connectivity index (χ4v) is 3.95. The summed E-state index contributed by atoms with van der Waals surface area (Å²) in [6.45, 7) is 0.380. The van der Waals surface area contributed by atoms with Gasteiger partial charge in [-0.05, 0) is 23.3 Å². The highest BCUT2D eigenvalue weighted by atomic mass is 16.5. The molecule has 1 unspecified atom stereocenters. The number of ether oxygens (including phenoxy) is 1. The number of methoxy groups -OCH3 is 1. The minimum atomic E-state index is -0.0115. The number of nitrogens with one attached hydrogen (secondary N) is 2. The van der Waals surface area contributed by atoms with Crippen molar-refractivity contribution >= 4 is 11.6 Å². The lowest BCUT2D eigenvalue weighted by molar-refractivity contribution is -0.897. The highest BCUT2D eigenvalue weighted by molar-refractivity contribution is 5.91. The van der Waals surface area contributed by atoms with Gasteiger partial charge < -0.3 is 15.0 Å². The third-order valence-corrected chi connectivity index (χ3v) is 5.12. The third-order valence-electron chi connectivity index (χ3n) is 5.12. The van der Waals surface area contributed by atoms with Crippen LogP contribution in [0.3, 0.4) is 0 Å². The van der Waals surface area contributed by atoms with E-state index >= 15 is 0 Å². The first-order valence-electron chi connectivity index (χ1n) is 9.12. The highest BCUT2D eigenvalue weighted by Crippen LogP contribution is 2.41. The van der Waals surface area contributed by atoms with Crippen molar-refractivity contribution in [2.75, 3.05) is 26.0 Å². The first-order chi connectivity index (χ1) is 13.2.